The quantitative estimate of drug-likeness (QED) is 0.209. The van der Waals surface area contributed by atoms with Crippen LogP contribution in [0.3, 0.4) is 0 Å². The average Bonchev–Trinajstić information content (AvgIpc) is 3.43. The Labute approximate surface area is 249 Å². The number of anilines is 2. The van der Waals surface area contributed by atoms with Crippen molar-refractivity contribution in [1.82, 2.24) is 14.7 Å². The van der Waals surface area contributed by atoms with Crippen LogP contribution in [0.1, 0.15) is 34.9 Å². The lowest BCUT2D eigenvalue weighted by Crippen LogP contribution is -2.47. The molecule has 2 aliphatic rings. The van der Waals surface area contributed by atoms with E-state index in [1.165, 1.54) is 0 Å². The third kappa shape index (κ3) is 7.44. The van der Waals surface area contributed by atoms with Gasteiger partial charge in [0.05, 0.1) is 24.4 Å². The number of hydrogen-bond donors (Lipinski definition) is 0. The number of benzene rings is 2. The maximum absolute atomic E-state index is 13.8. The number of aromatic nitrogens is 2. The molecule has 232 valence electrons. The summed E-state index contributed by atoms with van der Waals surface area (Å²) < 4.78 is 83.0. The van der Waals surface area contributed by atoms with Gasteiger partial charge in [-0.1, -0.05) is 29.8 Å². The van der Waals surface area contributed by atoms with Crippen molar-refractivity contribution < 1.29 is 35.9 Å². The molecule has 14 heteroatoms. The van der Waals surface area contributed by atoms with E-state index in [0.717, 1.165) is 33.4 Å². The summed E-state index contributed by atoms with van der Waals surface area (Å²) in [6.07, 6.45) is -7.10. The predicted octanol–water partition coefficient (Wildman–Crippen LogP) is 6.53. The molecule has 0 saturated carbocycles. The van der Waals surface area contributed by atoms with Crippen LogP contribution in [0.15, 0.2) is 48.7 Å². The number of piperazine rings is 1. The van der Waals surface area contributed by atoms with Crippen LogP contribution in [0, 0.1) is 0 Å². The van der Waals surface area contributed by atoms with Crippen molar-refractivity contribution in [3.63, 3.8) is 0 Å². The normalized spacial score (nSPS) is 18.7. The molecular weight excluding hydrogens is 600 g/mol. The first-order valence-electron chi connectivity index (χ1n) is 13.9. The number of ether oxygens (including phenoxy) is 1. The zero-order valence-electron chi connectivity index (χ0n) is 23.0. The Hall–Kier alpha value is -3.29. The third-order valence-electron chi connectivity index (χ3n) is 7.85. The predicted molar refractivity (Wildman–Crippen MR) is 151 cm³/mol. The molecule has 2 saturated heterocycles. The standard InChI is InChI=1S/C29H30ClF6N5O2/c30-22-5-8-25(20-3-6-23(7-4-20)39-12-10-38(11-13-39)14-15-43-29(34,35)36)26(16-22)40-9-1-2-24(18-40)41-27(28(31,32)33)21(19-42)17-37-41/h3-8,16-17,19,24H,1-2,9-15,18H2. The molecule has 3 heterocycles. The van der Waals surface area contributed by atoms with Crippen LogP contribution >= 0.6 is 11.6 Å². The van der Waals surface area contributed by atoms with E-state index in [9.17, 15) is 31.1 Å². The average molecular weight is 630 g/mol. The molecule has 1 atom stereocenters. The van der Waals surface area contributed by atoms with Gasteiger partial charge in [-0.2, -0.15) is 18.3 Å². The molecule has 0 aliphatic carbocycles. The summed E-state index contributed by atoms with van der Waals surface area (Å²) in [5.41, 5.74) is 2.02. The van der Waals surface area contributed by atoms with Gasteiger partial charge in [0.15, 0.2) is 12.0 Å². The number of rotatable bonds is 8. The maximum atomic E-state index is 13.8. The summed E-state index contributed by atoms with van der Waals surface area (Å²) in [4.78, 5) is 17.4. The lowest BCUT2D eigenvalue weighted by atomic mass is 9.99. The SMILES string of the molecule is O=Cc1cnn(C2CCCN(c3cc(Cl)ccc3-c3ccc(N4CCN(CCOC(F)(F)F)CC4)cc3)C2)c1C(F)(F)F. The second kappa shape index (κ2) is 12.7. The minimum Gasteiger partial charge on any atom is -0.369 e. The van der Waals surface area contributed by atoms with Crippen LogP contribution in [-0.4, -0.2) is 79.7 Å². The van der Waals surface area contributed by atoms with Crippen molar-refractivity contribution in [2.24, 2.45) is 0 Å². The number of carbonyl (C=O) groups is 1. The van der Waals surface area contributed by atoms with E-state index < -0.39 is 36.4 Å². The smallest absolute Gasteiger partial charge is 0.369 e. The van der Waals surface area contributed by atoms with Gasteiger partial charge in [0, 0.05) is 67.8 Å². The van der Waals surface area contributed by atoms with Crippen LogP contribution in [-0.2, 0) is 10.9 Å². The van der Waals surface area contributed by atoms with Gasteiger partial charge in [0.2, 0.25) is 0 Å². The summed E-state index contributed by atoms with van der Waals surface area (Å²) in [5.74, 6) is 0. The molecule has 1 aromatic heterocycles. The highest BCUT2D eigenvalue weighted by molar-refractivity contribution is 6.31. The van der Waals surface area contributed by atoms with E-state index in [1.807, 2.05) is 40.1 Å². The molecule has 7 nitrogen and oxygen atoms in total. The number of nitrogens with zero attached hydrogens (tertiary/aromatic N) is 5. The van der Waals surface area contributed by atoms with E-state index in [0.29, 0.717) is 50.6 Å². The Morgan fingerprint density at radius 1 is 0.953 bits per heavy atom. The van der Waals surface area contributed by atoms with Crippen molar-refractivity contribution in [2.45, 2.75) is 31.4 Å². The number of piperidine rings is 1. The largest absolute Gasteiger partial charge is 0.522 e. The molecule has 1 unspecified atom stereocenters. The second-order valence-electron chi connectivity index (χ2n) is 10.6. The Kier molecular flexibility index (Phi) is 9.23. The minimum absolute atomic E-state index is 0.180. The first kappa shape index (κ1) is 31.1. The van der Waals surface area contributed by atoms with Crippen LogP contribution in [0.2, 0.25) is 5.02 Å². The summed E-state index contributed by atoms with van der Waals surface area (Å²) in [6, 6.07) is 12.8. The van der Waals surface area contributed by atoms with Crippen molar-refractivity contribution in [3.8, 4) is 11.1 Å². The number of alkyl halides is 6. The Morgan fingerprint density at radius 2 is 1.67 bits per heavy atom. The molecule has 3 aromatic rings. The van der Waals surface area contributed by atoms with Crippen LogP contribution in [0.5, 0.6) is 0 Å². The van der Waals surface area contributed by atoms with E-state index in [1.54, 1.807) is 12.1 Å². The highest BCUT2D eigenvalue weighted by Crippen LogP contribution is 2.39. The van der Waals surface area contributed by atoms with Crippen LogP contribution in [0.25, 0.3) is 11.1 Å². The minimum atomic E-state index is -4.72. The zero-order chi connectivity index (χ0) is 30.8. The molecule has 2 aliphatic heterocycles. The Balaban J connectivity index is 1.29. The summed E-state index contributed by atoms with van der Waals surface area (Å²) in [5, 5.41) is 4.43. The Morgan fingerprint density at radius 3 is 2.33 bits per heavy atom. The van der Waals surface area contributed by atoms with Gasteiger partial charge < -0.3 is 9.80 Å². The number of halogens is 7. The first-order valence-corrected chi connectivity index (χ1v) is 14.2. The van der Waals surface area contributed by atoms with Gasteiger partial charge in [0.1, 0.15) is 0 Å². The molecule has 5 rings (SSSR count). The molecule has 0 spiro atoms. The van der Waals surface area contributed by atoms with Crippen LogP contribution < -0.4 is 9.80 Å². The monoisotopic (exact) mass is 629 g/mol. The Bertz CT molecular complexity index is 1400. The molecular formula is C29H30ClF6N5O2. The summed E-state index contributed by atoms with van der Waals surface area (Å²) in [6.45, 7) is 3.22. The van der Waals surface area contributed by atoms with Gasteiger partial charge in [-0.3, -0.25) is 19.1 Å². The van der Waals surface area contributed by atoms with Gasteiger partial charge in [-0.25, -0.2) is 0 Å². The van der Waals surface area contributed by atoms with Gasteiger partial charge in [-0.05, 0) is 42.7 Å². The van der Waals surface area contributed by atoms with Crippen molar-refractivity contribution in [3.05, 3.63) is 64.9 Å². The molecule has 2 aromatic carbocycles. The lowest BCUT2D eigenvalue weighted by Gasteiger charge is -2.37. The molecule has 43 heavy (non-hydrogen) atoms. The van der Waals surface area contributed by atoms with E-state index in [4.69, 9.17) is 11.6 Å². The second-order valence-corrected chi connectivity index (χ2v) is 11.0. The highest BCUT2D eigenvalue weighted by Gasteiger charge is 2.40. The van der Waals surface area contributed by atoms with E-state index in [2.05, 4.69) is 14.7 Å². The van der Waals surface area contributed by atoms with Crippen molar-refractivity contribution in [2.75, 3.05) is 62.2 Å². The first-order chi connectivity index (χ1) is 20.4. The third-order valence-corrected chi connectivity index (χ3v) is 8.09. The molecule has 0 amide bonds. The number of aldehydes is 1. The number of carbonyl (C=O) groups excluding carboxylic acids is 1. The topological polar surface area (TPSA) is 53.8 Å². The zero-order valence-corrected chi connectivity index (χ0v) is 23.8. The molecule has 0 bridgehead atoms. The van der Waals surface area contributed by atoms with Crippen molar-refractivity contribution in [1.29, 1.82) is 0 Å². The fraction of sp³-hybridized carbons (Fsp3) is 0.448. The summed E-state index contributed by atoms with van der Waals surface area (Å²) in [7, 11) is 0. The fourth-order valence-corrected chi connectivity index (χ4v) is 5.95. The fourth-order valence-electron chi connectivity index (χ4n) is 5.79. The molecule has 0 N–H and O–H groups in total. The van der Waals surface area contributed by atoms with Crippen molar-refractivity contribution >= 4 is 29.3 Å². The van der Waals surface area contributed by atoms with E-state index in [-0.39, 0.29) is 19.4 Å². The van der Waals surface area contributed by atoms with E-state index >= 15 is 0 Å². The van der Waals surface area contributed by atoms with Crippen LogP contribution in [0.4, 0.5) is 37.7 Å². The van der Waals surface area contributed by atoms with Gasteiger partial charge in [0.25, 0.3) is 0 Å². The maximum Gasteiger partial charge on any atom is 0.522 e. The summed E-state index contributed by atoms with van der Waals surface area (Å²) >= 11 is 6.37. The molecule has 0 radical (unpaired) electrons. The molecule has 2 fully saturated rings. The number of hydrogen-bond acceptors (Lipinski definition) is 6. The lowest BCUT2D eigenvalue weighted by molar-refractivity contribution is -0.325. The highest BCUT2D eigenvalue weighted by atomic mass is 35.5. The van der Waals surface area contributed by atoms with Gasteiger partial charge in [-0.15, -0.1) is 13.2 Å². The van der Waals surface area contributed by atoms with Gasteiger partial charge >= 0.3 is 12.5 Å².